The van der Waals surface area contributed by atoms with Crippen molar-refractivity contribution in [3.8, 4) is 11.5 Å². The van der Waals surface area contributed by atoms with Crippen LogP contribution in [0, 0.1) is 11.8 Å². The first kappa shape index (κ1) is 12.6. The van der Waals surface area contributed by atoms with Crippen LogP contribution in [0.5, 0.6) is 11.5 Å². The Bertz CT molecular complexity index is 576. The van der Waals surface area contributed by atoms with E-state index in [4.69, 9.17) is 5.11 Å². The van der Waals surface area contributed by atoms with Crippen molar-refractivity contribution in [1.82, 2.24) is 10.2 Å². The highest BCUT2D eigenvalue weighted by Gasteiger charge is 2.57. The number of benzene rings is 1. The van der Waals surface area contributed by atoms with Crippen LogP contribution in [0.25, 0.3) is 0 Å². The normalized spacial score (nSPS) is 27.0. The van der Waals surface area contributed by atoms with Crippen LogP contribution in [0.1, 0.15) is 10.4 Å². The lowest BCUT2D eigenvalue weighted by Gasteiger charge is -2.20. The molecule has 0 radical (unpaired) electrons. The number of carboxylic acid groups (broad SMARTS) is 1. The molecule has 0 spiro atoms. The summed E-state index contributed by atoms with van der Waals surface area (Å²) >= 11 is 0. The maximum atomic E-state index is 12.2. The SMILES string of the molecule is O=C(O)NC1C2CN(C(=O)c3ccc(O)cc3O)CC21. The number of fused-ring (bicyclic) bond motifs is 1. The molecule has 2 fully saturated rings. The molecule has 2 aliphatic rings. The molecule has 1 heterocycles. The molecule has 1 aliphatic heterocycles. The van der Waals surface area contributed by atoms with Crippen molar-refractivity contribution < 1.29 is 24.9 Å². The van der Waals surface area contributed by atoms with Crippen molar-refractivity contribution in [2.45, 2.75) is 6.04 Å². The lowest BCUT2D eigenvalue weighted by atomic mass is 10.1. The number of nitrogens with one attached hydrogen (secondary N) is 1. The van der Waals surface area contributed by atoms with Crippen molar-refractivity contribution in [1.29, 1.82) is 0 Å². The molecule has 3 rings (SSSR count). The summed E-state index contributed by atoms with van der Waals surface area (Å²) in [6, 6.07) is 3.78. The van der Waals surface area contributed by atoms with Gasteiger partial charge in [0, 0.05) is 37.0 Å². The van der Waals surface area contributed by atoms with E-state index in [-0.39, 0.29) is 40.8 Å². The lowest BCUT2D eigenvalue weighted by molar-refractivity contribution is 0.0768. The van der Waals surface area contributed by atoms with Crippen LogP contribution < -0.4 is 5.32 Å². The smallest absolute Gasteiger partial charge is 0.404 e. The van der Waals surface area contributed by atoms with Crippen LogP contribution in [-0.4, -0.2) is 51.4 Å². The molecule has 1 aliphatic carbocycles. The second-order valence-corrected chi connectivity index (χ2v) is 5.21. The average Bonchev–Trinajstić information content (AvgIpc) is 2.84. The molecule has 1 saturated heterocycles. The number of hydrogen-bond acceptors (Lipinski definition) is 4. The molecule has 7 heteroatoms. The summed E-state index contributed by atoms with van der Waals surface area (Å²) in [4.78, 5) is 24.4. The standard InChI is InChI=1S/C13H14N2O5/c16-6-1-2-7(10(17)3-6)12(18)15-4-8-9(5-15)11(8)14-13(19)20/h1-3,8-9,11,14,16-17H,4-5H2,(H,19,20). The van der Waals surface area contributed by atoms with E-state index in [9.17, 15) is 19.8 Å². The van der Waals surface area contributed by atoms with Crippen LogP contribution in [0.15, 0.2) is 18.2 Å². The highest BCUT2D eigenvalue weighted by Crippen LogP contribution is 2.46. The average molecular weight is 278 g/mol. The summed E-state index contributed by atoms with van der Waals surface area (Å²) < 4.78 is 0. The first-order valence-electron chi connectivity index (χ1n) is 6.28. The zero-order valence-electron chi connectivity index (χ0n) is 10.5. The van der Waals surface area contributed by atoms with E-state index in [1.165, 1.54) is 12.1 Å². The first-order chi connectivity index (χ1) is 9.47. The molecule has 106 valence electrons. The summed E-state index contributed by atoms with van der Waals surface area (Å²) in [5.74, 6) is -0.336. The van der Waals surface area contributed by atoms with Gasteiger partial charge in [0.25, 0.3) is 5.91 Å². The van der Waals surface area contributed by atoms with E-state index in [2.05, 4.69) is 5.32 Å². The van der Waals surface area contributed by atoms with E-state index >= 15 is 0 Å². The van der Waals surface area contributed by atoms with E-state index < -0.39 is 6.09 Å². The third-order valence-electron chi connectivity index (χ3n) is 3.98. The molecule has 2 atom stereocenters. The monoisotopic (exact) mass is 278 g/mol. The van der Waals surface area contributed by atoms with Crippen LogP contribution in [0.2, 0.25) is 0 Å². The molecule has 4 N–H and O–H groups in total. The van der Waals surface area contributed by atoms with Crippen molar-refractivity contribution in [2.75, 3.05) is 13.1 Å². The molecule has 0 aromatic heterocycles. The Morgan fingerprint density at radius 2 is 1.85 bits per heavy atom. The number of carbonyl (C=O) groups excluding carboxylic acids is 1. The predicted molar refractivity (Wildman–Crippen MR) is 67.6 cm³/mol. The zero-order chi connectivity index (χ0) is 14.4. The highest BCUT2D eigenvalue weighted by atomic mass is 16.4. The summed E-state index contributed by atoms with van der Waals surface area (Å²) in [5, 5.41) is 30.0. The number of nitrogens with zero attached hydrogens (tertiary/aromatic N) is 1. The van der Waals surface area contributed by atoms with Crippen molar-refractivity contribution in [3.63, 3.8) is 0 Å². The maximum Gasteiger partial charge on any atom is 0.404 e. The quantitative estimate of drug-likeness (QED) is 0.627. The van der Waals surface area contributed by atoms with Crippen LogP contribution in [0.4, 0.5) is 4.79 Å². The first-order valence-corrected chi connectivity index (χ1v) is 6.28. The predicted octanol–water partition coefficient (Wildman–Crippen LogP) is 0.436. The van der Waals surface area contributed by atoms with Crippen LogP contribution >= 0.6 is 0 Å². The molecule has 2 amide bonds. The van der Waals surface area contributed by atoms with Gasteiger partial charge in [0.15, 0.2) is 0 Å². The summed E-state index contributed by atoms with van der Waals surface area (Å²) in [6.07, 6.45) is -1.04. The number of phenols is 2. The number of piperidine rings is 1. The van der Waals surface area contributed by atoms with Crippen molar-refractivity contribution in [2.24, 2.45) is 11.8 Å². The van der Waals surface area contributed by atoms with Gasteiger partial charge >= 0.3 is 6.09 Å². The largest absolute Gasteiger partial charge is 0.508 e. The van der Waals surface area contributed by atoms with Crippen LogP contribution in [-0.2, 0) is 0 Å². The fourth-order valence-corrected chi connectivity index (χ4v) is 2.92. The number of amides is 2. The number of carbonyl (C=O) groups is 2. The molecule has 1 aromatic carbocycles. The molecule has 20 heavy (non-hydrogen) atoms. The van der Waals surface area contributed by atoms with Crippen LogP contribution in [0.3, 0.4) is 0 Å². The van der Waals surface area contributed by atoms with Gasteiger partial charge in [-0.25, -0.2) is 4.79 Å². The number of hydrogen-bond donors (Lipinski definition) is 4. The summed E-state index contributed by atoms with van der Waals surface area (Å²) in [7, 11) is 0. The molecule has 1 saturated carbocycles. The third kappa shape index (κ3) is 2.01. The topological polar surface area (TPSA) is 110 Å². The Morgan fingerprint density at radius 1 is 1.20 bits per heavy atom. The molecule has 7 nitrogen and oxygen atoms in total. The van der Waals surface area contributed by atoms with Gasteiger partial charge in [-0.1, -0.05) is 0 Å². The third-order valence-corrected chi connectivity index (χ3v) is 3.98. The van der Waals surface area contributed by atoms with Gasteiger partial charge in [-0.2, -0.15) is 0 Å². The Balaban J connectivity index is 1.65. The summed E-state index contributed by atoms with van der Waals surface area (Å²) in [6.45, 7) is 0.962. The molecule has 1 aromatic rings. The molecule has 0 bridgehead atoms. The van der Waals surface area contributed by atoms with Gasteiger partial charge in [0.2, 0.25) is 0 Å². The van der Waals surface area contributed by atoms with E-state index in [0.29, 0.717) is 13.1 Å². The Labute approximate surface area is 114 Å². The number of phenolic OH excluding ortho intramolecular Hbond substituents is 2. The van der Waals surface area contributed by atoms with Gasteiger partial charge < -0.3 is 25.5 Å². The second kappa shape index (κ2) is 4.29. The van der Waals surface area contributed by atoms with Gasteiger partial charge in [0.1, 0.15) is 11.5 Å². The van der Waals surface area contributed by atoms with Gasteiger partial charge in [0.05, 0.1) is 5.56 Å². The Hall–Kier alpha value is -2.44. The van der Waals surface area contributed by atoms with Crippen molar-refractivity contribution >= 4 is 12.0 Å². The Kier molecular flexibility index (Phi) is 2.70. The number of aromatic hydroxyl groups is 2. The molecular weight excluding hydrogens is 264 g/mol. The summed E-state index contributed by atoms with van der Waals surface area (Å²) in [5.41, 5.74) is 0.145. The fraction of sp³-hybridized carbons (Fsp3) is 0.385. The number of likely N-dealkylation sites (tertiary alicyclic amines) is 1. The van der Waals surface area contributed by atoms with E-state index in [1.807, 2.05) is 0 Å². The highest BCUT2D eigenvalue weighted by molar-refractivity contribution is 5.97. The van der Waals surface area contributed by atoms with E-state index in [0.717, 1.165) is 6.07 Å². The lowest BCUT2D eigenvalue weighted by Crippen LogP contribution is -2.37. The fourth-order valence-electron chi connectivity index (χ4n) is 2.92. The van der Waals surface area contributed by atoms with Gasteiger partial charge in [-0.15, -0.1) is 0 Å². The minimum Gasteiger partial charge on any atom is -0.508 e. The van der Waals surface area contributed by atoms with Gasteiger partial charge in [-0.05, 0) is 12.1 Å². The molecule has 2 unspecified atom stereocenters. The zero-order valence-corrected chi connectivity index (χ0v) is 10.5. The maximum absolute atomic E-state index is 12.2. The number of rotatable bonds is 2. The Morgan fingerprint density at radius 3 is 2.40 bits per heavy atom. The van der Waals surface area contributed by atoms with Gasteiger partial charge in [-0.3, -0.25) is 4.79 Å². The molecular formula is C13H14N2O5. The van der Waals surface area contributed by atoms with E-state index in [1.54, 1.807) is 4.90 Å². The minimum absolute atomic E-state index is 0.0648. The van der Waals surface area contributed by atoms with Crippen molar-refractivity contribution in [3.05, 3.63) is 23.8 Å². The minimum atomic E-state index is -1.04. The second-order valence-electron chi connectivity index (χ2n) is 5.21.